The van der Waals surface area contributed by atoms with E-state index in [-0.39, 0.29) is 12.7 Å². The van der Waals surface area contributed by atoms with Crippen LogP contribution in [0.3, 0.4) is 0 Å². The van der Waals surface area contributed by atoms with Crippen LogP contribution < -0.4 is 10.2 Å². The summed E-state index contributed by atoms with van der Waals surface area (Å²) in [6, 6.07) is 11.9. The molecule has 10 nitrogen and oxygen atoms in total. The van der Waals surface area contributed by atoms with Gasteiger partial charge in [0.25, 0.3) is 0 Å². The highest BCUT2D eigenvalue weighted by molar-refractivity contribution is 5.87. The van der Waals surface area contributed by atoms with Gasteiger partial charge in [-0.25, -0.2) is 15.4 Å². The summed E-state index contributed by atoms with van der Waals surface area (Å²) in [5, 5.41) is 1.87. The third-order valence-electron chi connectivity index (χ3n) is 6.83. The summed E-state index contributed by atoms with van der Waals surface area (Å²) in [4.78, 5) is 18.4. The number of aromatic nitrogens is 4. The van der Waals surface area contributed by atoms with Gasteiger partial charge in [0.2, 0.25) is 0 Å². The molecule has 2 fully saturated rings. The van der Waals surface area contributed by atoms with Gasteiger partial charge in [0.1, 0.15) is 42.1 Å². The van der Waals surface area contributed by atoms with Crippen molar-refractivity contribution in [3.63, 3.8) is 0 Å². The second-order valence-corrected chi connectivity index (χ2v) is 9.85. The van der Waals surface area contributed by atoms with E-state index in [9.17, 15) is 0 Å². The molecule has 0 bridgehead atoms. The maximum absolute atomic E-state index is 6.57. The Hall–Kier alpha value is -3.31. The molecule has 2 aliphatic rings. The molecule has 188 valence electrons. The van der Waals surface area contributed by atoms with E-state index in [0.29, 0.717) is 11.5 Å². The minimum absolute atomic E-state index is 0.283. The molecule has 10 heteroatoms. The zero-order valence-electron chi connectivity index (χ0n) is 20.9. The van der Waals surface area contributed by atoms with E-state index < -0.39 is 23.7 Å². The van der Waals surface area contributed by atoms with E-state index in [2.05, 4.69) is 26.5 Å². The summed E-state index contributed by atoms with van der Waals surface area (Å²) in [5.74, 6) is 0.525. The van der Waals surface area contributed by atoms with E-state index in [1.165, 1.54) is 6.33 Å². The highest BCUT2D eigenvalue weighted by atomic mass is 16.8. The summed E-state index contributed by atoms with van der Waals surface area (Å²) >= 11 is 0. The average molecular weight is 492 g/mol. The molecule has 1 aromatic carbocycles. The molecule has 0 spiro atoms. The number of hydrogen-bond acceptors (Lipinski definition) is 9. The minimum atomic E-state index is -0.773. The smallest absolute Gasteiger partial charge is 0.165 e. The van der Waals surface area contributed by atoms with Crippen molar-refractivity contribution in [3.05, 3.63) is 54.6 Å². The van der Waals surface area contributed by atoms with Gasteiger partial charge in [-0.2, -0.15) is 0 Å². The largest absolute Gasteiger partial charge is 0.491 e. The molecule has 4 aromatic rings. The molecule has 0 amide bonds. The summed E-state index contributed by atoms with van der Waals surface area (Å²) in [7, 11) is 1.54. The van der Waals surface area contributed by atoms with Gasteiger partial charge < -0.3 is 23.5 Å². The Bertz CT molecular complexity index is 1440. The van der Waals surface area contributed by atoms with E-state index in [1.807, 2.05) is 68.8 Å². The van der Waals surface area contributed by atoms with Crippen LogP contribution in [0.4, 0.5) is 5.82 Å². The molecule has 2 aliphatic heterocycles. The van der Waals surface area contributed by atoms with Crippen molar-refractivity contribution in [1.82, 2.24) is 19.5 Å². The Morgan fingerprint density at radius 1 is 1.11 bits per heavy atom. The van der Waals surface area contributed by atoms with Crippen LogP contribution in [0, 0.1) is 6.92 Å². The van der Waals surface area contributed by atoms with Gasteiger partial charge in [-0.3, -0.25) is 9.82 Å². The molecule has 0 radical (unpaired) electrons. The fourth-order valence-electron chi connectivity index (χ4n) is 5.23. The van der Waals surface area contributed by atoms with Gasteiger partial charge in [0, 0.05) is 23.3 Å². The number of ether oxygens (including phenoxy) is 4. The van der Waals surface area contributed by atoms with Crippen LogP contribution in [0.5, 0.6) is 5.75 Å². The van der Waals surface area contributed by atoms with Gasteiger partial charge in [0.15, 0.2) is 17.8 Å². The molecule has 3 aromatic heterocycles. The number of nitrogens with zero attached hydrogens (tertiary/aromatic N) is 4. The van der Waals surface area contributed by atoms with Gasteiger partial charge >= 0.3 is 0 Å². The first-order valence-corrected chi connectivity index (χ1v) is 11.9. The van der Waals surface area contributed by atoms with Crippen LogP contribution in [0.1, 0.15) is 32.7 Å². The highest BCUT2D eigenvalue weighted by Crippen LogP contribution is 2.51. The normalized spacial score (nSPS) is 27.0. The van der Waals surface area contributed by atoms with Crippen LogP contribution in [-0.2, 0) is 19.0 Å². The van der Waals surface area contributed by atoms with E-state index in [4.69, 9.17) is 23.8 Å². The van der Waals surface area contributed by atoms with Crippen molar-refractivity contribution in [2.75, 3.05) is 19.2 Å². The maximum atomic E-state index is 6.57. The molecule has 1 N–H and O–H groups in total. The van der Waals surface area contributed by atoms with E-state index in [0.717, 1.165) is 27.7 Å². The number of hydrogen-bond donors (Lipinski definition) is 1. The Morgan fingerprint density at radius 2 is 1.94 bits per heavy atom. The summed E-state index contributed by atoms with van der Waals surface area (Å²) < 4.78 is 27.5. The molecular formula is C26H29N5O5. The topological polar surface area (TPSA) is 102 Å². The van der Waals surface area contributed by atoms with Crippen molar-refractivity contribution in [1.29, 1.82) is 0 Å². The SMILES string of the molecule is CONc1ncnc2c1ccn2[C@@H]1O[C@H](COc2ccc3ccc(C)nc3c2)[C@@]2(C)OC(C)(C)O[C@@H]12. The zero-order valence-corrected chi connectivity index (χ0v) is 20.9. The monoisotopic (exact) mass is 491 g/mol. The number of rotatable bonds is 6. The molecule has 36 heavy (non-hydrogen) atoms. The standard InChI is InChI=1S/C26H29N5O5/c1-15-6-7-16-8-9-17(12-19(16)29-15)33-13-20-26(4)21(35-25(2,3)36-26)24(34-20)31-11-10-18-22(30-32-5)27-14-28-23(18)31/h6-12,14,20-21,24H,13H2,1-5H3,(H,27,28,30)/t20-,21+,24-,26-/m1/s1. The first-order chi connectivity index (χ1) is 17.3. The minimum Gasteiger partial charge on any atom is -0.491 e. The van der Waals surface area contributed by atoms with Gasteiger partial charge in [-0.15, -0.1) is 0 Å². The molecule has 4 atom stereocenters. The molecule has 2 saturated heterocycles. The number of fused-ring (bicyclic) bond motifs is 3. The average Bonchev–Trinajstić information content (AvgIpc) is 3.45. The van der Waals surface area contributed by atoms with Crippen molar-refractivity contribution >= 4 is 27.8 Å². The van der Waals surface area contributed by atoms with E-state index >= 15 is 0 Å². The number of anilines is 1. The molecule has 0 aliphatic carbocycles. The van der Waals surface area contributed by atoms with E-state index in [1.54, 1.807) is 7.11 Å². The molecule has 0 unspecified atom stereocenters. The van der Waals surface area contributed by atoms with Crippen molar-refractivity contribution in [2.45, 2.75) is 57.5 Å². The third-order valence-corrected chi connectivity index (χ3v) is 6.83. The summed E-state index contributed by atoms with van der Waals surface area (Å²) in [5.41, 5.74) is 4.61. The Kier molecular flexibility index (Phi) is 5.38. The van der Waals surface area contributed by atoms with Crippen LogP contribution >= 0.6 is 0 Å². The predicted octanol–water partition coefficient (Wildman–Crippen LogP) is 4.15. The van der Waals surface area contributed by atoms with Crippen molar-refractivity contribution in [2.24, 2.45) is 0 Å². The van der Waals surface area contributed by atoms with Crippen LogP contribution in [0.2, 0.25) is 0 Å². The molecule has 5 heterocycles. The van der Waals surface area contributed by atoms with Crippen LogP contribution in [0.25, 0.3) is 21.9 Å². The molecule has 0 saturated carbocycles. The Balaban J connectivity index is 1.30. The lowest BCUT2D eigenvalue weighted by Gasteiger charge is -2.29. The number of pyridine rings is 1. The first-order valence-electron chi connectivity index (χ1n) is 11.9. The fraction of sp³-hybridized carbons (Fsp3) is 0.423. The Labute approximate surface area is 208 Å². The Morgan fingerprint density at radius 3 is 2.78 bits per heavy atom. The zero-order chi connectivity index (χ0) is 25.1. The summed E-state index contributed by atoms with van der Waals surface area (Å²) in [6.45, 7) is 8.11. The number of aryl methyl sites for hydroxylation is 1. The maximum Gasteiger partial charge on any atom is 0.165 e. The second-order valence-electron chi connectivity index (χ2n) is 9.85. The van der Waals surface area contributed by atoms with Gasteiger partial charge in [0.05, 0.1) is 18.0 Å². The lowest BCUT2D eigenvalue weighted by Crippen LogP contribution is -2.46. The van der Waals surface area contributed by atoms with Crippen molar-refractivity contribution in [3.8, 4) is 5.75 Å². The molecule has 6 rings (SSSR count). The summed E-state index contributed by atoms with van der Waals surface area (Å²) in [6.07, 6.45) is 2.15. The lowest BCUT2D eigenvalue weighted by molar-refractivity contribution is -0.213. The highest BCUT2D eigenvalue weighted by Gasteiger charge is 2.64. The molecular weight excluding hydrogens is 462 g/mol. The third kappa shape index (κ3) is 3.77. The van der Waals surface area contributed by atoms with Crippen molar-refractivity contribution < 1.29 is 23.8 Å². The fourth-order valence-corrected chi connectivity index (χ4v) is 5.23. The second kappa shape index (κ2) is 8.38. The van der Waals surface area contributed by atoms with Crippen LogP contribution in [0.15, 0.2) is 48.9 Å². The van der Waals surface area contributed by atoms with Crippen LogP contribution in [-0.4, -0.2) is 56.8 Å². The number of benzene rings is 1. The predicted molar refractivity (Wildman–Crippen MR) is 132 cm³/mol. The van der Waals surface area contributed by atoms with Gasteiger partial charge in [-0.05, 0) is 52.0 Å². The quantitative estimate of drug-likeness (QED) is 0.399. The van der Waals surface area contributed by atoms with Gasteiger partial charge in [-0.1, -0.05) is 6.07 Å². The number of nitrogens with one attached hydrogen (secondary N) is 1. The first kappa shape index (κ1) is 23.1. The lowest BCUT2D eigenvalue weighted by atomic mass is 9.95.